The minimum atomic E-state index is -0.522. The zero-order valence-corrected chi connectivity index (χ0v) is 8.61. The van der Waals surface area contributed by atoms with Gasteiger partial charge in [0.1, 0.15) is 5.82 Å². The molecule has 0 radical (unpaired) electrons. The van der Waals surface area contributed by atoms with Crippen LogP contribution in [0.25, 0.3) is 0 Å². The van der Waals surface area contributed by atoms with Crippen molar-refractivity contribution in [2.24, 2.45) is 0 Å². The van der Waals surface area contributed by atoms with Gasteiger partial charge in [-0.05, 0) is 18.6 Å². The summed E-state index contributed by atoms with van der Waals surface area (Å²) < 4.78 is 6.82. The van der Waals surface area contributed by atoms with Gasteiger partial charge >= 0.3 is 5.69 Å². The summed E-state index contributed by atoms with van der Waals surface area (Å²) in [4.78, 5) is 15.1. The van der Waals surface area contributed by atoms with Crippen LogP contribution >= 0.6 is 0 Å². The van der Waals surface area contributed by atoms with Gasteiger partial charge in [-0.3, -0.25) is 4.57 Å². The Bertz CT molecular complexity index is 455. The third-order valence-electron chi connectivity index (χ3n) is 2.36. The van der Waals surface area contributed by atoms with Gasteiger partial charge in [-0.15, -0.1) is 0 Å². The molecule has 1 aromatic heterocycles. The average molecular weight is 223 g/mol. The molecule has 0 spiro atoms. The van der Waals surface area contributed by atoms with E-state index < -0.39 is 11.9 Å². The number of rotatable bonds is 2. The van der Waals surface area contributed by atoms with E-state index in [4.69, 9.17) is 15.6 Å². The van der Waals surface area contributed by atoms with Gasteiger partial charge in [-0.1, -0.05) is 6.08 Å². The van der Waals surface area contributed by atoms with Crippen molar-refractivity contribution < 1.29 is 9.84 Å². The van der Waals surface area contributed by atoms with Crippen LogP contribution in [-0.2, 0) is 4.74 Å². The average Bonchev–Trinajstić information content (AvgIpc) is 2.29. The molecule has 2 heterocycles. The highest BCUT2D eigenvalue weighted by molar-refractivity contribution is 5.23. The molecule has 0 aliphatic carbocycles. The van der Waals surface area contributed by atoms with Crippen molar-refractivity contribution in [2.45, 2.75) is 18.8 Å². The number of nitrogen functional groups attached to an aromatic ring is 1. The third kappa shape index (κ3) is 2.12. The minimum absolute atomic E-state index is 0.0714. The predicted molar refractivity (Wildman–Crippen MR) is 57.7 cm³/mol. The Labute approximate surface area is 92.0 Å². The Morgan fingerprint density at radius 2 is 2.50 bits per heavy atom. The topological polar surface area (TPSA) is 90.4 Å². The number of anilines is 1. The van der Waals surface area contributed by atoms with Gasteiger partial charge in [0.2, 0.25) is 0 Å². The summed E-state index contributed by atoms with van der Waals surface area (Å²) in [5, 5.41) is 8.99. The number of aliphatic hydroxyl groups excluding tert-OH is 1. The fourth-order valence-corrected chi connectivity index (χ4v) is 1.54. The summed E-state index contributed by atoms with van der Waals surface area (Å²) in [6.07, 6.45) is 5.00. The van der Waals surface area contributed by atoms with E-state index in [2.05, 4.69) is 4.98 Å². The summed E-state index contributed by atoms with van der Waals surface area (Å²) in [7, 11) is 0. The Morgan fingerprint density at radius 1 is 1.69 bits per heavy atom. The van der Waals surface area contributed by atoms with Gasteiger partial charge in [-0.25, -0.2) is 4.79 Å². The SMILES string of the molecule is Nc1ccn([C@H]2C=CC[C@@H](CO)O2)c(=O)n1. The number of hydrogen-bond donors (Lipinski definition) is 2. The molecule has 2 rings (SSSR count). The molecule has 6 heteroatoms. The Balaban J connectivity index is 2.27. The van der Waals surface area contributed by atoms with Crippen LogP contribution in [0.3, 0.4) is 0 Å². The van der Waals surface area contributed by atoms with Gasteiger partial charge in [-0.2, -0.15) is 4.98 Å². The third-order valence-corrected chi connectivity index (χ3v) is 2.36. The molecule has 86 valence electrons. The maximum absolute atomic E-state index is 11.5. The molecule has 16 heavy (non-hydrogen) atoms. The molecule has 0 saturated heterocycles. The standard InChI is InChI=1S/C10H13N3O3/c11-8-4-5-13(10(15)12-8)9-3-1-2-7(6-14)16-9/h1,3-5,7,9,14H,2,6H2,(H2,11,12,15)/t7-,9+/m0/s1. The van der Waals surface area contributed by atoms with E-state index in [0.717, 1.165) is 0 Å². The van der Waals surface area contributed by atoms with Crippen LogP contribution < -0.4 is 11.4 Å². The molecular weight excluding hydrogens is 210 g/mol. The zero-order valence-electron chi connectivity index (χ0n) is 8.61. The zero-order chi connectivity index (χ0) is 11.5. The van der Waals surface area contributed by atoms with Crippen molar-refractivity contribution in [3.63, 3.8) is 0 Å². The lowest BCUT2D eigenvalue weighted by Crippen LogP contribution is -2.32. The van der Waals surface area contributed by atoms with Gasteiger partial charge < -0.3 is 15.6 Å². The van der Waals surface area contributed by atoms with Crippen LogP contribution in [0.4, 0.5) is 5.82 Å². The normalized spacial score (nSPS) is 24.6. The highest BCUT2D eigenvalue weighted by Crippen LogP contribution is 2.18. The van der Waals surface area contributed by atoms with E-state index >= 15 is 0 Å². The van der Waals surface area contributed by atoms with Crippen molar-refractivity contribution in [1.82, 2.24) is 9.55 Å². The summed E-state index contributed by atoms with van der Waals surface area (Å²) in [5.74, 6) is 0.180. The second-order valence-electron chi connectivity index (χ2n) is 3.54. The molecular formula is C10H13N3O3. The van der Waals surface area contributed by atoms with E-state index in [0.29, 0.717) is 6.42 Å². The van der Waals surface area contributed by atoms with E-state index in [1.54, 1.807) is 6.08 Å². The van der Waals surface area contributed by atoms with Crippen molar-refractivity contribution in [3.05, 3.63) is 34.9 Å². The lowest BCUT2D eigenvalue weighted by molar-refractivity contribution is -0.0580. The molecule has 0 saturated carbocycles. The fourth-order valence-electron chi connectivity index (χ4n) is 1.54. The number of nitrogens with zero attached hydrogens (tertiary/aromatic N) is 2. The Kier molecular flexibility index (Phi) is 3.02. The number of aromatic nitrogens is 2. The van der Waals surface area contributed by atoms with Gasteiger partial charge in [0.15, 0.2) is 6.23 Å². The molecule has 2 atom stereocenters. The largest absolute Gasteiger partial charge is 0.394 e. The fraction of sp³-hybridized carbons (Fsp3) is 0.400. The maximum atomic E-state index is 11.5. The van der Waals surface area contributed by atoms with Crippen LogP contribution in [0.1, 0.15) is 12.6 Å². The molecule has 1 aromatic rings. The van der Waals surface area contributed by atoms with Crippen molar-refractivity contribution in [1.29, 1.82) is 0 Å². The Hall–Kier alpha value is -1.66. The van der Waals surface area contributed by atoms with Crippen molar-refractivity contribution >= 4 is 5.82 Å². The summed E-state index contributed by atoms with van der Waals surface area (Å²) in [5.41, 5.74) is 4.92. The molecule has 0 aromatic carbocycles. The van der Waals surface area contributed by atoms with Gasteiger partial charge in [0.05, 0.1) is 12.7 Å². The molecule has 6 nitrogen and oxygen atoms in total. The molecule has 0 unspecified atom stereocenters. The minimum Gasteiger partial charge on any atom is -0.394 e. The second kappa shape index (κ2) is 4.46. The van der Waals surface area contributed by atoms with E-state index in [-0.39, 0.29) is 18.5 Å². The van der Waals surface area contributed by atoms with E-state index in [1.807, 2.05) is 6.08 Å². The van der Waals surface area contributed by atoms with Crippen molar-refractivity contribution in [3.8, 4) is 0 Å². The number of nitrogens with two attached hydrogens (primary N) is 1. The summed E-state index contributed by atoms with van der Waals surface area (Å²) >= 11 is 0. The van der Waals surface area contributed by atoms with Gasteiger partial charge in [0, 0.05) is 6.20 Å². The predicted octanol–water partition coefficient (Wildman–Crippen LogP) is -0.339. The second-order valence-corrected chi connectivity index (χ2v) is 3.54. The van der Waals surface area contributed by atoms with Crippen LogP contribution in [0.2, 0.25) is 0 Å². The first-order valence-corrected chi connectivity index (χ1v) is 4.98. The first-order valence-electron chi connectivity index (χ1n) is 4.98. The molecule has 0 fully saturated rings. The molecule has 3 N–H and O–H groups in total. The smallest absolute Gasteiger partial charge is 0.351 e. The molecule has 0 bridgehead atoms. The highest BCUT2D eigenvalue weighted by Gasteiger charge is 2.19. The number of hydrogen-bond acceptors (Lipinski definition) is 5. The summed E-state index contributed by atoms with van der Waals surface area (Å²) in [6.45, 7) is -0.0714. The van der Waals surface area contributed by atoms with E-state index in [9.17, 15) is 4.79 Å². The van der Waals surface area contributed by atoms with Gasteiger partial charge in [0.25, 0.3) is 0 Å². The van der Waals surface area contributed by atoms with Crippen molar-refractivity contribution in [2.75, 3.05) is 12.3 Å². The van der Waals surface area contributed by atoms with Crippen LogP contribution in [0, 0.1) is 0 Å². The van der Waals surface area contributed by atoms with Crippen LogP contribution in [-0.4, -0.2) is 27.4 Å². The molecule has 1 aliphatic rings. The first kappa shape index (κ1) is 10.8. The first-order chi connectivity index (χ1) is 7.70. The number of ether oxygens (including phenoxy) is 1. The Morgan fingerprint density at radius 3 is 3.19 bits per heavy atom. The molecule has 1 aliphatic heterocycles. The molecule has 0 amide bonds. The van der Waals surface area contributed by atoms with Crippen LogP contribution in [0.5, 0.6) is 0 Å². The lowest BCUT2D eigenvalue weighted by Gasteiger charge is -2.25. The monoisotopic (exact) mass is 223 g/mol. The summed E-state index contributed by atoms with van der Waals surface area (Å²) in [6, 6.07) is 1.53. The number of aliphatic hydroxyl groups is 1. The lowest BCUT2D eigenvalue weighted by atomic mass is 10.2. The highest BCUT2D eigenvalue weighted by atomic mass is 16.5. The van der Waals surface area contributed by atoms with E-state index in [1.165, 1.54) is 16.8 Å². The maximum Gasteiger partial charge on any atom is 0.351 e. The quantitative estimate of drug-likeness (QED) is 0.669. The van der Waals surface area contributed by atoms with Crippen LogP contribution in [0.15, 0.2) is 29.2 Å².